The van der Waals surface area contributed by atoms with Crippen LogP contribution >= 0.6 is 23.5 Å². The number of thioether (sulfide) groups is 2. The van der Waals surface area contributed by atoms with E-state index in [2.05, 4.69) is 56.1 Å². The molecule has 0 spiro atoms. The smallest absolute Gasteiger partial charge is 0.0476 e. The minimum absolute atomic E-state index is 0.199. The molecule has 0 amide bonds. The van der Waals surface area contributed by atoms with E-state index < -0.39 is 0 Å². The highest BCUT2D eigenvalue weighted by Crippen LogP contribution is 2.47. The summed E-state index contributed by atoms with van der Waals surface area (Å²) in [5, 5.41) is 0.727. The molecule has 18 heavy (non-hydrogen) atoms. The first-order chi connectivity index (χ1) is 8.44. The highest BCUT2D eigenvalue weighted by molar-refractivity contribution is 8.00. The molecule has 0 aliphatic carbocycles. The summed E-state index contributed by atoms with van der Waals surface area (Å²) < 4.78 is 0. The molecule has 0 aromatic rings. The first kappa shape index (κ1) is 15.0. The maximum atomic E-state index is 6.29. The van der Waals surface area contributed by atoms with E-state index in [1.807, 2.05) is 0 Å². The maximum absolute atomic E-state index is 6.29. The van der Waals surface area contributed by atoms with Gasteiger partial charge in [0.15, 0.2) is 0 Å². The summed E-state index contributed by atoms with van der Waals surface area (Å²) in [6, 6.07) is 0.644. The Morgan fingerprint density at radius 1 is 1.28 bits per heavy atom. The Morgan fingerprint density at radius 2 is 2.00 bits per heavy atom. The van der Waals surface area contributed by atoms with Crippen molar-refractivity contribution in [1.29, 1.82) is 0 Å². The first-order valence-corrected chi connectivity index (χ1v) is 9.31. The second-order valence-electron chi connectivity index (χ2n) is 6.43. The fourth-order valence-corrected chi connectivity index (χ4v) is 6.37. The summed E-state index contributed by atoms with van der Waals surface area (Å²) in [7, 11) is 0. The number of nitrogens with two attached hydrogens (primary N) is 1. The van der Waals surface area contributed by atoms with Crippen molar-refractivity contribution >= 4 is 23.5 Å². The van der Waals surface area contributed by atoms with Crippen LogP contribution in [0.3, 0.4) is 0 Å². The van der Waals surface area contributed by atoms with E-state index >= 15 is 0 Å². The average Bonchev–Trinajstić information content (AvgIpc) is 2.33. The van der Waals surface area contributed by atoms with Crippen molar-refractivity contribution in [2.24, 2.45) is 11.1 Å². The van der Waals surface area contributed by atoms with E-state index in [1.165, 1.54) is 30.2 Å². The summed E-state index contributed by atoms with van der Waals surface area (Å²) in [4.78, 5) is 2.75. The Labute approximate surface area is 121 Å². The van der Waals surface area contributed by atoms with Crippen LogP contribution in [0.4, 0.5) is 0 Å². The Kier molecular flexibility index (Phi) is 4.63. The van der Waals surface area contributed by atoms with Gasteiger partial charge in [-0.15, -0.1) is 0 Å². The quantitative estimate of drug-likeness (QED) is 0.846. The molecule has 4 heteroatoms. The molecule has 3 atom stereocenters. The molecule has 0 bridgehead atoms. The van der Waals surface area contributed by atoms with Gasteiger partial charge in [-0.2, -0.15) is 23.5 Å². The van der Waals surface area contributed by atoms with E-state index in [9.17, 15) is 0 Å². The maximum Gasteiger partial charge on any atom is 0.0476 e. The van der Waals surface area contributed by atoms with E-state index in [0.29, 0.717) is 11.5 Å². The van der Waals surface area contributed by atoms with E-state index in [1.54, 1.807) is 0 Å². The SMILES string of the molecule is CC1SCCN(C2(CN)CSCCC2(C)C)C1C. The molecule has 0 radical (unpaired) electrons. The second kappa shape index (κ2) is 5.55. The largest absolute Gasteiger partial charge is 0.329 e. The lowest BCUT2D eigenvalue weighted by Crippen LogP contribution is -2.70. The topological polar surface area (TPSA) is 29.3 Å². The van der Waals surface area contributed by atoms with Crippen LogP contribution in [0, 0.1) is 5.41 Å². The molecule has 2 aliphatic heterocycles. The predicted molar refractivity (Wildman–Crippen MR) is 85.6 cm³/mol. The molecule has 2 rings (SSSR count). The van der Waals surface area contributed by atoms with Gasteiger partial charge in [-0.25, -0.2) is 0 Å². The van der Waals surface area contributed by atoms with Gasteiger partial charge in [0.1, 0.15) is 0 Å². The molecule has 2 saturated heterocycles. The second-order valence-corrected chi connectivity index (χ2v) is 9.02. The molecule has 2 heterocycles. The van der Waals surface area contributed by atoms with Gasteiger partial charge >= 0.3 is 0 Å². The summed E-state index contributed by atoms with van der Waals surface area (Å²) in [5.74, 6) is 3.76. The molecule has 0 saturated carbocycles. The Morgan fingerprint density at radius 3 is 2.61 bits per heavy atom. The number of rotatable bonds is 2. The van der Waals surface area contributed by atoms with Crippen molar-refractivity contribution in [2.45, 2.75) is 50.9 Å². The Balaban J connectivity index is 2.30. The van der Waals surface area contributed by atoms with Crippen LogP contribution in [0.2, 0.25) is 0 Å². The van der Waals surface area contributed by atoms with Crippen molar-refractivity contribution < 1.29 is 0 Å². The van der Waals surface area contributed by atoms with Crippen molar-refractivity contribution in [3.63, 3.8) is 0 Å². The van der Waals surface area contributed by atoms with Crippen LogP contribution < -0.4 is 5.73 Å². The van der Waals surface area contributed by atoms with Crippen LogP contribution in [0.5, 0.6) is 0 Å². The summed E-state index contributed by atoms with van der Waals surface area (Å²) in [6.45, 7) is 11.6. The molecular weight excluding hydrogens is 260 g/mol. The summed E-state index contributed by atoms with van der Waals surface area (Å²) in [5.41, 5.74) is 6.83. The van der Waals surface area contributed by atoms with Gasteiger partial charge in [0, 0.05) is 41.4 Å². The molecule has 2 fully saturated rings. The summed E-state index contributed by atoms with van der Waals surface area (Å²) in [6.07, 6.45) is 1.29. The molecule has 2 nitrogen and oxygen atoms in total. The third-order valence-electron chi connectivity index (χ3n) is 5.24. The highest BCUT2D eigenvalue weighted by atomic mass is 32.2. The fourth-order valence-electron chi connectivity index (χ4n) is 3.46. The zero-order valence-corrected chi connectivity index (χ0v) is 13.9. The van der Waals surface area contributed by atoms with Gasteiger partial charge < -0.3 is 5.73 Å². The van der Waals surface area contributed by atoms with E-state index in [4.69, 9.17) is 5.73 Å². The molecule has 2 N–H and O–H groups in total. The lowest BCUT2D eigenvalue weighted by atomic mass is 9.69. The van der Waals surface area contributed by atoms with Gasteiger partial charge in [0.05, 0.1) is 0 Å². The van der Waals surface area contributed by atoms with Gasteiger partial charge in [-0.1, -0.05) is 20.8 Å². The van der Waals surface area contributed by atoms with Crippen molar-refractivity contribution in [2.75, 3.05) is 30.3 Å². The van der Waals surface area contributed by atoms with Crippen LogP contribution in [0.25, 0.3) is 0 Å². The van der Waals surface area contributed by atoms with E-state index in [0.717, 1.165) is 11.8 Å². The van der Waals surface area contributed by atoms with Crippen LogP contribution in [0.15, 0.2) is 0 Å². The normalized spacial score (nSPS) is 41.8. The molecular formula is C14H28N2S2. The zero-order valence-electron chi connectivity index (χ0n) is 12.2. The highest BCUT2D eigenvalue weighted by Gasteiger charge is 2.52. The monoisotopic (exact) mass is 288 g/mol. The average molecular weight is 289 g/mol. The fraction of sp³-hybridized carbons (Fsp3) is 1.00. The standard InChI is InChI=1S/C14H28N2S2/c1-11-12(2)18-8-6-16(11)14(9-15)10-17-7-5-13(14,3)4/h11-12H,5-10,15H2,1-4H3. The predicted octanol–water partition coefficient (Wildman–Crippen LogP) is 2.67. The lowest BCUT2D eigenvalue weighted by Gasteiger charge is -2.59. The van der Waals surface area contributed by atoms with Gasteiger partial charge in [-0.3, -0.25) is 4.90 Å². The first-order valence-electron chi connectivity index (χ1n) is 7.11. The van der Waals surface area contributed by atoms with Crippen LogP contribution in [-0.4, -0.2) is 52.1 Å². The number of hydrogen-bond acceptors (Lipinski definition) is 4. The van der Waals surface area contributed by atoms with Crippen molar-refractivity contribution in [3.05, 3.63) is 0 Å². The van der Waals surface area contributed by atoms with Gasteiger partial charge in [0.25, 0.3) is 0 Å². The van der Waals surface area contributed by atoms with Crippen LogP contribution in [-0.2, 0) is 0 Å². The lowest BCUT2D eigenvalue weighted by molar-refractivity contribution is -0.0216. The van der Waals surface area contributed by atoms with Crippen LogP contribution in [0.1, 0.15) is 34.1 Å². The minimum Gasteiger partial charge on any atom is -0.329 e. The molecule has 3 unspecified atom stereocenters. The van der Waals surface area contributed by atoms with Gasteiger partial charge in [0.2, 0.25) is 0 Å². The van der Waals surface area contributed by atoms with Crippen molar-refractivity contribution in [1.82, 2.24) is 4.90 Å². The Hall–Kier alpha value is 0.620. The molecule has 0 aromatic carbocycles. The third-order valence-corrected chi connectivity index (χ3v) is 7.76. The van der Waals surface area contributed by atoms with E-state index in [-0.39, 0.29) is 5.54 Å². The third kappa shape index (κ3) is 2.34. The molecule has 106 valence electrons. The van der Waals surface area contributed by atoms with Gasteiger partial charge in [-0.05, 0) is 24.5 Å². The van der Waals surface area contributed by atoms with Crippen molar-refractivity contribution in [3.8, 4) is 0 Å². The summed E-state index contributed by atoms with van der Waals surface area (Å²) >= 11 is 4.21. The number of hydrogen-bond donors (Lipinski definition) is 1. The number of nitrogens with zero attached hydrogens (tertiary/aromatic N) is 1. The zero-order chi connectivity index (χ0) is 13.4. The Bertz CT molecular complexity index is 296. The molecule has 2 aliphatic rings. The molecule has 0 aromatic heterocycles. The minimum atomic E-state index is 0.199.